The van der Waals surface area contributed by atoms with E-state index in [1.165, 1.54) is 7.11 Å². The Bertz CT molecular complexity index is 556. The summed E-state index contributed by atoms with van der Waals surface area (Å²) in [6.45, 7) is 1.000. The number of ether oxygens (including phenoxy) is 3. The van der Waals surface area contributed by atoms with E-state index in [2.05, 4.69) is 0 Å². The smallest absolute Gasteiger partial charge is 0.310 e. The Labute approximate surface area is 116 Å². The lowest BCUT2D eigenvalue weighted by atomic mass is 10.1. The Morgan fingerprint density at radius 1 is 1.45 bits per heavy atom. The number of carbonyl (C=O) groups excluding carboxylic acids is 2. The van der Waals surface area contributed by atoms with Crippen LogP contribution in [-0.4, -0.2) is 37.2 Å². The molecule has 0 radical (unpaired) electrons. The van der Waals surface area contributed by atoms with Crippen LogP contribution in [0.15, 0.2) is 18.2 Å². The molecule has 0 N–H and O–H groups in total. The molecule has 0 spiro atoms. The zero-order valence-corrected chi connectivity index (χ0v) is 11.1. The van der Waals surface area contributed by atoms with Crippen molar-refractivity contribution in [3.63, 3.8) is 0 Å². The van der Waals surface area contributed by atoms with Gasteiger partial charge in [0.05, 0.1) is 13.0 Å². The van der Waals surface area contributed by atoms with Gasteiger partial charge in [-0.25, -0.2) is 0 Å². The van der Waals surface area contributed by atoms with Crippen LogP contribution >= 0.6 is 0 Å². The maximum absolute atomic E-state index is 12.0. The molecule has 6 nitrogen and oxygen atoms in total. The van der Waals surface area contributed by atoms with Crippen molar-refractivity contribution in [3.05, 3.63) is 23.8 Å². The van der Waals surface area contributed by atoms with Gasteiger partial charge in [0, 0.05) is 25.1 Å². The molecule has 0 aliphatic carbocycles. The number of hydrogen-bond donors (Lipinski definition) is 0. The van der Waals surface area contributed by atoms with Gasteiger partial charge in [-0.3, -0.25) is 9.59 Å². The van der Waals surface area contributed by atoms with E-state index in [1.807, 2.05) is 18.2 Å². The highest BCUT2D eigenvalue weighted by atomic mass is 16.7. The van der Waals surface area contributed by atoms with Crippen molar-refractivity contribution in [3.8, 4) is 11.5 Å². The highest BCUT2D eigenvalue weighted by molar-refractivity contribution is 5.86. The number of esters is 1. The SMILES string of the molecule is COC(=O)C1CC(=O)N(Cc2cccc3c2OCO3)C1. The molecular formula is C14H15NO5. The van der Waals surface area contributed by atoms with Crippen LogP contribution in [0.5, 0.6) is 11.5 Å². The minimum Gasteiger partial charge on any atom is -0.469 e. The van der Waals surface area contributed by atoms with Gasteiger partial charge in [-0.2, -0.15) is 0 Å². The lowest BCUT2D eigenvalue weighted by Crippen LogP contribution is -2.26. The molecule has 1 aromatic carbocycles. The van der Waals surface area contributed by atoms with Crippen molar-refractivity contribution in [2.75, 3.05) is 20.4 Å². The van der Waals surface area contributed by atoms with E-state index < -0.39 is 0 Å². The lowest BCUT2D eigenvalue weighted by molar-refractivity contribution is -0.145. The fraction of sp³-hybridized carbons (Fsp3) is 0.429. The van der Waals surface area contributed by atoms with Crippen LogP contribution in [0.3, 0.4) is 0 Å². The summed E-state index contributed by atoms with van der Waals surface area (Å²) in [7, 11) is 1.34. The molecular weight excluding hydrogens is 262 g/mol. The highest BCUT2D eigenvalue weighted by Crippen LogP contribution is 2.36. The van der Waals surface area contributed by atoms with Crippen molar-refractivity contribution < 1.29 is 23.8 Å². The first-order valence-electron chi connectivity index (χ1n) is 6.42. The number of benzene rings is 1. The lowest BCUT2D eigenvalue weighted by Gasteiger charge is -2.17. The first-order chi connectivity index (χ1) is 9.69. The predicted molar refractivity (Wildman–Crippen MR) is 68.1 cm³/mol. The van der Waals surface area contributed by atoms with Crippen LogP contribution in [0.2, 0.25) is 0 Å². The number of rotatable bonds is 3. The number of para-hydroxylation sites is 1. The zero-order valence-electron chi connectivity index (χ0n) is 11.1. The van der Waals surface area contributed by atoms with Gasteiger partial charge in [0.2, 0.25) is 12.7 Å². The number of amides is 1. The Morgan fingerprint density at radius 3 is 3.10 bits per heavy atom. The van der Waals surface area contributed by atoms with Gasteiger partial charge in [-0.1, -0.05) is 12.1 Å². The summed E-state index contributed by atoms with van der Waals surface area (Å²) >= 11 is 0. The molecule has 106 valence electrons. The molecule has 0 saturated carbocycles. The summed E-state index contributed by atoms with van der Waals surface area (Å²) in [4.78, 5) is 25.1. The molecule has 1 atom stereocenters. The van der Waals surface area contributed by atoms with Crippen LogP contribution < -0.4 is 9.47 Å². The van der Waals surface area contributed by atoms with Gasteiger partial charge >= 0.3 is 5.97 Å². The van der Waals surface area contributed by atoms with Crippen LogP contribution in [0.1, 0.15) is 12.0 Å². The van der Waals surface area contributed by atoms with Crippen LogP contribution in [0, 0.1) is 5.92 Å². The molecule has 6 heteroatoms. The molecule has 0 aromatic heterocycles. The maximum atomic E-state index is 12.0. The van der Waals surface area contributed by atoms with Gasteiger partial charge in [-0.05, 0) is 6.07 Å². The van der Waals surface area contributed by atoms with Gasteiger partial charge in [0.15, 0.2) is 11.5 Å². The van der Waals surface area contributed by atoms with E-state index in [0.29, 0.717) is 24.6 Å². The van der Waals surface area contributed by atoms with Crippen LogP contribution in [-0.2, 0) is 20.9 Å². The Morgan fingerprint density at radius 2 is 2.30 bits per heavy atom. The predicted octanol–water partition coefficient (Wildman–Crippen LogP) is 0.937. The monoisotopic (exact) mass is 277 g/mol. The van der Waals surface area contributed by atoms with E-state index in [-0.39, 0.29) is 31.0 Å². The quantitative estimate of drug-likeness (QED) is 0.769. The second kappa shape index (κ2) is 5.03. The highest BCUT2D eigenvalue weighted by Gasteiger charge is 2.35. The fourth-order valence-electron chi connectivity index (χ4n) is 2.57. The molecule has 1 amide bonds. The van der Waals surface area contributed by atoms with E-state index in [4.69, 9.17) is 14.2 Å². The average Bonchev–Trinajstić information content (AvgIpc) is 3.06. The summed E-state index contributed by atoms with van der Waals surface area (Å²) in [5, 5.41) is 0. The molecule has 2 aliphatic rings. The van der Waals surface area contributed by atoms with Crippen molar-refractivity contribution >= 4 is 11.9 Å². The molecule has 3 rings (SSSR count). The maximum Gasteiger partial charge on any atom is 0.310 e. The van der Waals surface area contributed by atoms with Crippen LogP contribution in [0.4, 0.5) is 0 Å². The Balaban J connectivity index is 1.74. The van der Waals surface area contributed by atoms with Crippen molar-refractivity contribution in [1.29, 1.82) is 0 Å². The summed E-state index contributed by atoms with van der Waals surface area (Å²) in [6, 6.07) is 5.59. The summed E-state index contributed by atoms with van der Waals surface area (Å²) < 4.78 is 15.4. The zero-order chi connectivity index (χ0) is 14.1. The normalized spacial score (nSPS) is 20.4. The van der Waals surface area contributed by atoms with E-state index in [0.717, 1.165) is 5.56 Å². The van der Waals surface area contributed by atoms with Crippen molar-refractivity contribution in [2.24, 2.45) is 5.92 Å². The number of hydrogen-bond acceptors (Lipinski definition) is 5. The second-order valence-corrected chi connectivity index (χ2v) is 4.85. The standard InChI is InChI=1S/C14H15NO5/c1-18-14(17)10-5-12(16)15(7-10)6-9-3-2-4-11-13(9)20-8-19-11/h2-4,10H,5-8H2,1H3. The van der Waals surface area contributed by atoms with Gasteiger partial charge in [0.1, 0.15) is 0 Å². The molecule has 20 heavy (non-hydrogen) atoms. The average molecular weight is 277 g/mol. The molecule has 2 aliphatic heterocycles. The molecule has 1 unspecified atom stereocenters. The third kappa shape index (κ3) is 2.17. The summed E-state index contributed by atoms with van der Waals surface area (Å²) in [5.41, 5.74) is 0.888. The largest absolute Gasteiger partial charge is 0.469 e. The number of methoxy groups -OCH3 is 1. The minimum absolute atomic E-state index is 0.0445. The van der Waals surface area contributed by atoms with Gasteiger partial charge in [-0.15, -0.1) is 0 Å². The van der Waals surface area contributed by atoms with Gasteiger partial charge < -0.3 is 19.1 Å². The molecule has 1 aromatic rings. The van der Waals surface area contributed by atoms with Crippen molar-refractivity contribution in [2.45, 2.75) is 13.0 Å². The number of nitrogens with zero attached hydrogens (tertiary/aromatic N) is 1. The van der Waals surface area contributed by atoms with Gasteiger partial charge in [0.25, 0.3) is 0 Å². The number of fused-ring (bicyclic) bond motifs is 1. The Kier molecular flexibility index (Phi) is 3.22. The topological polar surface area (TPSA) is 65.1 Å². The summed E-state index contributed by atoms with van der Waals surface area (Å²) in [5.74, 6) is 0.623. The first kappa shape index (κ1) is 12.8. The van der Waals surface area contributed by atoms with E-state index in [1.54, 1.807) is 4.90 Å². The number of likely N-dealkylation sites (tertiary alicyclic amines) is 1. The molecule has 1 saturated heterocycles. The van der Waals surface area contributed by atoms with Crippen molar-refractivity contribution in [1.82, 2.24) is 4.90 Å². The second-order valence-electron chi connectivity index (χ2n) is 4.85. The van der Waals surface area contributed by atoms with E-state index >= 15 is 0 Å². The fourth-order valence-corrected chi connectivity index (χ4v) is 2.57. The Hall–Kier alpha value is -2.24. The first-order valence-corrected chi connectivity index (χ1v) is 6.42. The minimum atomic E-state index is -0.374. The van der Waals surface area contributed by atoms with E-state index in [9.17, 15) is 9.59 Å². The third-order valence-electron chi connectivity index (χ3n) is 3.59. The third-order valence-corrected chi connectivity index (χ3v) is 3.59. The summed E-state index contributed by atoms with van der Waals surface area (Å²) in [6.07, 6.45) is 0.207. The molecule has 1 fully saturated rings. The molecule has 2 heterocycles. The molecule has 0 bridgehead atoms. The number of carbonyl (C=O) groups is 2. The van der Waals surface area contributed by atoms with Crippen LogP contribution in [0.25, 0.3) is 0 Å².